The average Bonchev–Trinajstić information content (AvgIpc) is 2.42. The van der Waals surface area contributed by atoms with Crippen molar-refractivity contribution in [3.63, 3.8) is 0 Å². The Bertz CT molecular complexity index is 934. The van der Waals surface area contributed by atoms with Gasteiger partial charge in [0.25, 0.3) is 11.2 Å². The number of allylic oxidation sites excluding steroid dienone is 2. The summed E-state index contributed by atoms with van der Waals surface area (Å²) in [5.41, 5.74) is 0.681. The number of aryl methyl sites for hydroxylation is 2. The summed E-state index contributed by atoms with van der Waals surface area (Å²) in [4.78, 5) is 34.6. The predicted molar refractivity (Wildman–Crippen MR) is 86.5 cm³/mol. The number of nitro benzene ring substituents is 1. The maximum Gasteiger partial charge on any atom is 0.270 e. The van der Waals surface area contributed by atoms with E-state index >= 15 is 0 Å². The summed E-state index contributed by atoms with van der Waals surface area (Å²) < 4.78 is 1.36. The Morgan fingerprint density at radius 1 is 1.26 bits per heavy atom. The molecule has 2 rings (SSSR count). The van der Waals surface area contributed by atoms with Gasteiger partial charge in [0.15, 0.2) is 5.78 Å². The van der Waals surface area contributed by atoms with Crippen molar-refractivity contribution < 1.29 is 14.8 Å². The molecule has 0 aliphatic carbocycles. The fraction of sp³-hybridized carbons (Fsp3) is 0.250. The molecule has 23 heavy (non-hydrogen) atoms. The third-order valence-corrected chi connectivity index (χ3v) is 3.70. The standard InChI is InChI=1S/C16H16N2O5/c1-8-5-11(18(22)23)6-13-12(15(9(2)19)10(3)20)7-14(21)17(4)16(8)13/h5-7,19H,1-4H3/b15-9+. The van der Waals surface area contributed by atoms with Crippen LogP contribution in [0.5, 0.6) is 0 Å². The lowest BCUT2D eigenvalue weighted by Gasteiger charge is -2.14. The molecule has 7 heteroatoms. The number of aliphatic hydroxyl groups excluding tert-OH is 1. The minimum Gasteiger partial charge on any atom is -0.512 e. The Hall–Kier alpha value is -2.96. The first-order valence-electron chi connectivity index (χ1n) is 6.85. The van der Waals surface area contributed by atoms with Gasteiger partial charge in [-0.05, 0) is 26.3 Å². The highest BCUT2D eigenvalue weighted by molar-refractivity contribution is 6.23. The molecule has 1 aromatic carbocycles. The first-order valence-corrected chi connectivity index (χ1v) is 6.85. The van der Waals surface area contributed by atoms with Crippen molar-refractivity contribution in [1.82, 2.24) is 4.57 Å². The molecule has 1 aromatic heterocycles. The van der Waals surface area contributed by atoms with Gasteiger partial charge in [-0.3, -0.25) is 19.7 Å². The van der Waals surface area contributed by atoms with Crippen LogP contribution < -0.4 is 5.56 Å². The maximum atomic E-state index is 12.2. The Kier molecular flexibility index (Phi) is 4.05. The normalized spacial score (nSPS) is 12.2. The summed E-state index contributed by atoms with van der Waals surface area (Å²) in [7, 11) is 1.55. The lowest BCUT2D eigenvalue weighted by Crippen LogP contribution is -2.19. The molecule has 0 aliphatic rings. The second kappa shape index (κ2) is 5.68. The molecule has 0 spiro atoms. The molecule has 0 fully saturated rings. The molecule has 7 nitrogen and oxygen atoms in total. The molecule has 0 saturated carbocycles. The molecule has 2 aromatic rings. The number of Topliss-reactive ketones (excluding diaryl/α,β-unsaturated/α-hetero) is 1. The summed E-state index contributed by atoms with van der Waals surface area (Å²) in [5, 5.41) is 21.3. The van der Waals surface area contributed by atoms with Crippen LogP contribution in [-0.2, 0) is 11.8 Å². The van der Waals surface area contributed by atoms with Crippen LogP contribution in [0.1, 0.15) is 25.0 Å². The van der Waals surface area contributed by atoms with E-state index in [1.165, 1.54) is 36.6 Å². The van der Waals surface area contributed by atoms with E-state index in [9.17, 15) is 24.8 Å². The van der Waals surface area contributed by atoms with Crippen molar-refractivity contribution in [3.8, 4) is 0 Å². The molecular formula is C16H16N2O5. The van der Waals surface area contributed by atoms with Gasteiger partial charge in [-0.1, -0.05) is 0 Å². The minimum atomic E-state index is -0.537. The Balaban J connectivity index is 3.10. The Morgan fingerprint density at radius 2 is 1.87 bits per heavy atom. The van der Waals surface area contributed by atoms with E-state index in [2.05, 4.69) is 0 Å². The smallest absolute Gasteiger partial charge is 0.270 e. The van der Waals surface area contributed by atoms with Crippen molar-refractivity contribution >= 4 is 27.9 Å². The van der Waals surface area contributed by atoms with Crippen LogP contribution in [0.2, 0.25) is 0 Å². The lowest BCUT2D eigenvalue weighted by atomic mass is 9.95. The van der Waals surface area contributed by atoms with E-state index in [0.717, 1.165) is 0 Å². The van der Waals surface area contributed by atoms with Crippen molar-refractivity contribution in [1.29, 1.82) is 0 Å². The monoisotopic (exact) mass is 316 g/mol. The molecular weight excluding hydrogens is 300 g/mol. The Morgan fingerprint density at radius 3 is 2.35 bits per heavy atom. The number of aliphatic hydroxyl groups is 1. The van der Waals surface area contributed by atoms with Crippen LogP contribution in [0.3, 0.4) is 0 Å². The molecule has 1 heterocycles. The zero-order chi connectivity index (χ0) is 17.5. The molecule has 0 atom stereocenters. The number of non-ortho nitro benzene ring substituents is 1. The number of rotatable bonds is 3. The van der Waals surface area contributed by atoms with Gasteiger partial charge >= 0.3 is 0 Å². The summed E-state index contributed by atoms with van der Waals surface area (Å²) in [6.45, 7) is 4.26. The number of pyridine rings is 1. The number of benzene rings is 1. The lowest BCUT2D eigenvalue weighted by molar-refractivity contribution is -0.384. The van der Waals surface area contributed by atoms with Crippen LogP contribution in [-0.4, -0.2) is 20.4 Å². The van der Waals surface area contributed by atoms with Crippen molar-refractivity contribution in [2.75, 3.05) is 0 Å². The highest BCUT2D eigenvalue weighted by Gasteiger charge is 2.20. The van der Waals surface area contributed by atoms with E-state index in [1.807, 2.05) is 0 Å². The quantitative estimate of drug-likeness (QED) is 0.406. The topological polar surface area (TPSA) is 102 Å². The van der Waals surface area contributed by atoms with E-state index < -0.39 is 10.7 Å². The maximum absolute atomic E-state index is 12.2. The molecule has 120 valence electrons. The average molecular weight is 316 g/mol. The van der Waals surface area contributed by atoms with Crippen molar-refractivity contribution in [2.45, 2.75) is 20.8 Å². The zero-order valence-electron chi connectivity index (χ0n) is 13.2. The number of carbonyl (C=O) groups excluding carboxylic acids is 1. The third-order valence-electron chi connectivity index (χ3n) is 3.70. The number of fused-ring (bicyclic) bond motifs is 1. The number of carbonyl (C=O) groups is 1. The van der Waals surface area contributed by atoms with Crippen LogP contribution in [0, 0.1) is 17.0 Å². The second-order valence-electron chi connectivity index (χ2n) is 5.39. The minimum absolute atomic E-state index is 0.0207. The fourth-order valence-electron chi connectivity index (χ4n) is 2.77. The molecule has 0 saturated heterocycles. The third kappa shape index (κ3) is 2.73. The van der Waals surface area contributed by atoms with Crippen molar-refractivity contribution in [2.24, 2.45) is 7.05 Å². The SMILES string of the molecule is CC(=O)/C(=C(/C)O)c1cc(=O)n(C)c2c(C)cc([N+](=O)[O-])cc12. The van der Waals surface area contributed by atoms with Crippen molar-refractivity contribution in [3.05, 3.63) is 55.6 Å². The van der Waals surface area contributed by atoms with Crippen LogP contribution in [0.15, 0.2) is 28.8 Å². The van der Waals surface area contributed by atoms with E-state index in [4.69, 9.17) is 0 Å². The number of hydrogen-bond acceptors (Lipinski definition) is 5. The largest absolute Gasteiger partial charge is 0.512 e. The van der Waals surface area contributed by atoms with Crippen LogP contribution >= 0.6 is 0 Å². The van der Waals surface area contributed by atoms with E-state index in [0.29, 0.717) is 16.5 Å². The van der Waals surface area contributed by atoms with Crippen LogP contribution in [0.25, 0.3) is 16.5 Å². The number of ketones is 1. The number of hydrogen-bond donors (Lipinski definition) is 1. The van der Waals surface area contributed by atoms with Gasteiger partial charge in [-0.15, -0.1) is 0 Å². The Labute approximate surface area is 131 Å². The summed E-state index contributed by atoms with van der Waals surface area (Å²) in [5.74, 6) is -0.667. The summed E-state index contributed by atoms with van der Waals surface area (Å²) in [6, 6.07) is 3.89. The highest BCUT2D eigenvalue weighted by atomic mass is 16.6. The van der Waals surface area contributed by atoms with Gasteiger partial charge < -0.3 is 9.67 Å². The molecule has 0 bridgehead atoms. The highest BCUT2D eigenvalue weighted by Crippen LogP contribution is 2.31. The van der Waals surface area contributed by atoms with Crippen LogP contribution in [0.4, 0.5) is 5.69 Å². The zero-order valence-corrected chi connectivity index (χ0v) is 13.2. The second-order valence-corrected chi connectivity index (χ2v) is 5.39. The molecule has 0 radical (unpaired) electrons. The van der Waals surface area contributed by atoms with E-state index in [1.54, 1.807) is 14.0 Å². The molecule has 0 unspecified atom stereocenters. The van der Waals surface area contributed by atoms with Gasteiger partial charge in [-0.2, -0.15) is 0 Å². The van der Waals surface area contributed by atoms with Gasteiger partial charge in [-0.25, -0.2) is 0 Å². The van der Waals surface area contributed by atoms with Gasteiger partial charge in [0, 0.05) is 36.2 Å². The molecule has 0 aliphatic heterocycles. The fourth-order valence-corrected chi connectivity index (χ4v) is 2.77. The first-order chi connectivity index (χ1) is 10.6. The predicted octanol–water partition coefficient (Wildman–Crippen LogP) is 2.63. The van der Waals surface area contributed by atoms with Gasteiger partial charge in [0.1, 0.15) is 5.76 Å². The summed E-state index contributed by atoms with van der Waals surface area (Å²) >= 11 is 0. The first kappa shape index (κ1) is 16.4. The van der Waals surface area contributed by atoms with Gasteiger partial charge in [0.05, 0.1) is 16.0 Å². The number of aromatic nitrogens is 1. The number of nitro groups is 1. The number of nitrogens with zero attached hydrogens (tertiary/aromatic N) is 2. The summed E-state index contributed by atoms with van der Waals surface area (Å²) in [6.07, 6.45) is 0. The molecule has 0 amide bonds. The molecule has 1 N–H and O–H groups in total. The van der Waals surface area contributed by atoms with E-state index in [-0.39, 0.29) is 28.1 Å². The van der Waals surface area contributed by atoms with Gasteiger partial charge in [0.2, 0.25) is 0 Å².